The van der Waals surface area contributed by atoms with E-state index in [1.807, 2.05) is 36.4 Å². The molecule has 1 amide bonds. The molecule has 5 rings (SSSR count). The van der Waals surface area contributed by atoms with Gasteiger partial charge in [0.1, 0.15) is 17.3 Å². The summed E-state index contributed by atoms with van der Waals surface area (Å²) in [6.07, 6.45) is 2.31. The van der Waals surface area contributed by atoms with Gasteiger partial charge in [0, 0.05) is 31.4 Å². The van der Waals surface area contributed by atoms with Crippen molar-refractivity contribution in [3.8, 4) is 11.5 Å². The third-order valence-corrected chi connectivity index (χ3v) is 6.70. The molecule has 1 fully saturated rings. The topological polar surface area (TPSA) is 67.2 Å². The Morgan fingerprint density at radius 1 is 1.06 bits per heavy atom. The number of carbonyl (C=O) groups is 1. The molecule has 1 aromatic heterocycles. The Morgan fingerprint density at radius 2 is 1.94 bits per heavy atom. The van der Waals surface area contributed by atoms with E-state index >= 15 is 0 Å². The van der Waals surface area contributed by atoms with Gasteiger partial charge in [0.05, 0.1) is 44.7 Å². The number of fused-ring (bicyclic) bond motifs is 3. The Bertz CT molecular complexity index is 1110. The number of benzene rings is 2. The van der Waals surface area contributed by atoms with Crippen LogP contribution in [0, 0.1) is 5.92 Å². The molecule has 7 heteroatoms. The maximum absolute atomic E-state index is 13.4. The number of carbonyl (C=O) groups excluding carboxylic acids is 1. The molecule has 0 unspecified atom stereocenters. The van der Waals surface area contributed by atoms with Crippen LogP contribution in [0.15, 0.2) is 65.3 Å². The predicted molar refractivity (Wildman–Crippen MR) is 127 cm³/mol. The zero-order valence-corrected chi connectivity index (χ0v) is 19.0. The van der Waals surface area contributed by atoms with E-state index in [0.717, 1.165) is 48.3 Å². The van der Waals surface area contributed by atoms with Gasteiger partial charge in [0.25, 0.3) is 0 Å². The fourth-order valence-electron chi connectivity index (χ4n) is 5.03. The molecule has 0 bridgehead atoms. The Labute approximate surface area is 193 Å². The molecule has 1 saturated heterocycles. The molecule has 0 saturated carbocycles. The van der Waals surface area contributed by atoms with Gasteiger partial charge in [0.15, 0.2) is 0 Å². The average Bonchev–Trinajstić information content (AvgIpc) is 3.40. The number of ether oxygens (including phenoxy) is 2. The molecule has 3 heterocycles. The minimum Gasteiger partial charge on any atom is -0.497 e. The quantitative estimate of drug-likeness (QED) is 0.624. The molecule has 172 valence electrons. The van der Waals surface area contributed by atoms with Gasteiger partial charge in [-0.25, -0.2) is 0 Å². The zero-order chi connectivity index (χ0) is 22.8. The number of piperazine rings is 1. The first-order valence-electron chi connectivity index (χ1n) is 11.3. The molecular formula is C26H29N3O4. The van der Waals surface area contributed by atoms with Crippen LogP contribution in [0.1, 0.15) is 11.3 Å². The smallest absolute Gasteiger partial charge is 0.225 e. The van der Waals surface area contributed by atoms with Gasteiger partial charge < -0.3 is 29.0 Å². The van der Waals surface area contributed by atoms with Crippen LogP contribution in [0.5, 0.6) is 11.5 Å². The first kappa shape index (κ1) is 21.2. The van der Waals surface area contributed by atoms with Crippen molar-refractivity contribution in [2.45, 2.75) is 19.0 Å². The highest BCUT2D eigenvalue weighted by atomic mass is 16.5. The zero-order valence-electron chi connectivity index (χ0n) is 19.0. The summed E-state index contributed by atoms with van der Waals surface area (Å²) in [4.78, 5) is 18.1. The number of anilines is 2. The van der Waals surface area contributed by atoms with Crippen LogP contribution in [0.25, 0.3) is 0 Å². The Morgan fingerprint density at radius 3 is 2.73 bits per heavy atom. The van der Waals surface area contributed by atoms with Crippen molar-refractivity contribution >= 4 is 17.3 Å². The van der Waals surface area contributed by atoms with Crippen molar-refractivity contribution in [3.63, 3.8) is 0 Å². The summed E-state index contributed by atoms with van der Waals surface area (Å²) >= 11 is 0. The van der Waals surface area contributed by atoms with E-state index in [1.165, 1.54) is 5.56 Å². The number of rotatable bonds is 6. The lowest BCUT2D eigenvalue weighted by atomic mass is 9.83. The molecule has 7 nitrogen and oxygen atoms in total. The van der Waals surface area contributed by atoms with Crippen molar-refractivity contribution in [2.24, 2.45) is 5.92 Å². The SMILES string of the molecule is COc1ccc2c(c1)N1CCN(c3ccccc3OC)C[C@H]1[C@H](C(=O)NCc1ccco1)C2. The lowest BCUT2D eigenvalue weighted by molar-refractivity contribution is -0.126. The van der Waals surface area contributed by atoms with Crippen LogP contribution >= 0.6 is 0 Å². The molecule has 2 aliphatic heterocycles. The van der Waals surface area contributed by atoms with E-state index in [9.17, 15) is 4.79 Å². The van der Waals surface area contributed by atoms with Gasteiger partial charge in [-0.05, 0) is 42.3 Å². The van der Waals surface area contributed by atoms with Crippen LogP contribution in [-0.4, -0.2) is 45.8 Å². The van der Waals surface area contributed by atoms with Crippen LogP contribution < -0.4 is 24.6 Å². The van der Waals surface area contributed by atoms with Gasteiger partial charge in [-0.2, -0.15) is 0 Å². The number of para-hydroxylation sites is 2. The summed E-state index contributed by atoms with van der Waals surface area (Å²) in [5.41, 5.74) is 3.40. The second-order valence-electron chi connectivity index (χ2n) is 8.48. The van der Waals surface area contributed by atoms with E-state index in [0.29, 0.717) is 13.0 Å². The molecule has 2 aliphatic rings. The lowest BCUT2D eigenvalue weighted by Crippen LogP contribution is -2.61. The second kappa shape index (κ2) is 9.10. The molecular weight excluding hydrogens is 418 g/mol. The van der Waals surface area contributed by atoms with Gasteiger partial charge in [-0.15, -0.1) is 0 Å². The highest BCUT2D eigenvalue weighted by molar-refractivity contribution is 5.82. The van der Waals surface area contributed by atoms with Crippen LogP contribution in [-0.2, 0) is 17.8 Å². The summed E-state index contributed by atoms with van der Waals surface area (Å²) in [7, 11) is 3.38. The van der Waals surface area contributed by atoms with Gasteiger partial charge in [-0.1, -0.05) is 18.2 Å². The summed E-state index contributed by atoms with van der Waals surface area (Å²) < 4.78 is 16.5. The number of nitrogens with zero attached hydrogens (tertiary/aromatic N) is 2. The largest absolute Gasteiger partial charge is 0.497 e. The predicted octanol–water partition coefficient (Wildman–Crippen LogP) is 3.48. The third-order valence-electron chi connectivity index (χ3n) is 6.70. The summed E-state index contributed by atoms with van der Waals surface area (Å²) in [6.45, 7) is 2.77. The maximum Gasteiger partial charge on any atom is 0.225 e. The number of hydrogen-bond acceptors (Lipinski definition) is 6. The van der Waals surface area contributed by atoms with E-state index in [4.69, 9.17) is 13.9 Å². The van der Waals surface area contributed by atoms with E-state index in [2.05, 4.69) is 33.3 Å². The molecule has 2 aromatic carbocycles. The molecule has 0 spiro atoms. The number of methoxy groups -OCH3 is 2. The first-order chi connectivity index (χ1) is 16.2. The van der Waals surface area contributed by atoms with Crippen LogP contribution in [0.4, 0.5) is 11.4 Å². The van der Waals surface area contributed by atoms with Crippen molar-refractivity contribution in [1.82, 2.24) is 5.32 Å². The minimum absolute atomic E-state index is 0.0277. The monoisotopic (exact) mass is 447 g/mol. The minimum atomic E-state index is -0.182. The standard InChI is InChI=1S/C26H29N3O4/c1-31-19-10-9-18-14-21(26(30)27-16-20-6-5-13-33-20)24-17-28(11-12-29(24)23(18)15-19)22-7-3-4-8-25(22)32-2/h3-10,13,15,21,24H,11-12,14,16-17H2,1-2H3,(H,27,30)/t21-,24+/m1/s1. The van der Waals surface area contributed by atoms with Gasteiger partial charge in [-0.3, -0.25) is 4.79 Å². The summed E-state index contributed by atoms with van der Waals surface area (Å²) in [5, 5.41) is 3.09. The second-order valence-corrected chi connectivity index (χ2v) is 8.48. The van der Waals surface area contributed by atoms with E-state index < -0.39 is 0 Å². The first-order valence-corrected chi connectivity index (χ1v) is 11.3. The molecule has 0 aliphatic carbocycles. The maximum atomic E-state index is 13.4. The Kier molecular flexibility index (Phi) is 5.86. The number of furan rings is 1. The van der Waals surface area contributed by atoms with Crippen molar-refractivity contribution in [1.29, 1.82) is 0 Å². The van der Waals surface area contributed by atoms with Gasteiger partial charge >= 0.3 is 0 Å². The van der Waals surface area contributed by atoms with Crippen molar-refractivity contribution in [2.75, 3.05) is 43.7 Å². The van der Waals surface area contributed by atoms with Crippen molar-refractivity contribution in [3.05, 3.63) is 72.2 Å². The third kappa shape index (κ3) is 4.11. The van der Waals surface area contributed by atoms with Crippen molar-refractivity contribution < 1.29 is 18.7 Å². The number of amides is 1. The summed E-state index contributed by atoms with van der Waals surface area (Å²) in [6, 6.07) is 18.0. The van der Waals surface area contributed by atoms with E-state index in [-0.39, 0.29) is 17.9 Å². The van der Waals surface area contributed by atoms with Gasteiger partial charge in [0.2, 0.25) is 5.91 Å². The molecule has 1 N–H and O–H groups in total. The fraction of sp³-hybridized carbons (Fsp3) is 0.346. The summed E-state index contributed by atoms with van der Waals surface area (Å²) in [5.74, 6) is 2.30. The number of nitrogens with one attached hydrogen (secondary N) is 1. The van der Waals surface area contributed by atoms with Crippen LogP contribution in [0.3, 0.4) is 0 Å². The fourth-order valence-corrected chi connectivity index (χ4v) is 5.03. The normalized spacial score (nSPS) is 19.5. The molecule has 3 aromatic rings. The lowest BCUT2D eigenvalue weighted by Gasteiger charge is -2.49. The highest BCUT2D eigenvalue weighted by Gasteiger charge is 2.42. The Balaban J connectivity index is 1.45. The molecule has 0 radical (unpaired) electrons. The average molecular weight is 448 g/mol. The van der Waals surface area contributed by atoms with Crippen LogP contribution in [0.2, 0.25) is 0 Å². The molecule has 2 atom stereocenters. The molecule has 33 heavy (non-hydrogen) atoms. The Hall–Kier alpha value is -3.61. The highest BCUT2D eigenvalue weighted by Crippen LogP contribution is 2.40. The number of hydrogen-bond donors (Lipinski definition) is 1. The van der Waals surface area contributed by atoms with E-state index in [1.54, 1.807) is 20.5 Å².